The summed E-state index contributed by atoms with van der Waals surface area (Å²) in [4.78, 5) is 31.8. The molecule has 214 valence electrons. The summed E-state index contributed by atoms with van der Waals surface area (Å²) in [5.74, 6) is -1.98. The highest BCUT2D eigenvalue weighted by Gasteiger charge is 2.56. The van der Waals surface area contributed by atoms with Gasteiger partial charge in [-0.25, -0.2) is 18.9 Å². The van der Waals surface area contributed by atoms with E-state index in [1.54, 1.807) is 32.0 Å². The second-order valence-electron chi connectivity index (χ2n) is 8.97. The number of nitrogens with two attached hydrogens (primary N) is 1. The number of primary amides is 1. The van der Waals surface area contributed by atoms with E-state index in [4.69, 9.17) is 29.0 Å². The van der Waals surface area contributed by atoms with Crippen molar-refractivity contribution in [1.82, 2.24) is 15.1 Å². The van der Waals surface area contributed by atoms with E-state index < -0.39 is 74.1 Å². The third kappa shape index (κ3) is 7.93. The smallest absolute Gasteiger partial charge is 0.459 e. The van der Waals surface area contributed by atoms with Crippen LogP contribution < -0.4 is 20.1 Å². The maximum atomic E-state index is 15.5. The average molecular weight is 635 g/mol. The molecule has 39 heavy (non-hydrogen) atoms. The molecule has 3 rings (SSSR count). The number of carbonyl (C=O) groups is 2. The maximum Gasteiger partial charge on any atom is 0.459 e. The molecule has 0 aliphatic carbocycles. The van der Waals surface area contributed by atoms with Crippen LogP contribution in [0.3, 0.4) is 0 Å². The predicted octanol–water partition coefficient (Wildman–Crippen LogP) is 2.66. The summed E-state index contributed by atoms with van der Waals surface area (Å²) >= 11 is 3.05. The molecule has 1 aromatic heterocycles. The molecule has 0 spiro atoms. The standard InChI is InChI=1S/C23H29BrFN4O9P/c1-12(2)35-21(32)13(3)29-39(33,38-14-8-6-5-7-9-14)34-11-15-18(30)23(4,25)22(36-15)37-20-17(19(26)31)28-16(24)10-27-20/h5-10,12-13,15,18,22,30H,11H2,1-4H3,(H2,26,31)(H,29,33)/t13-,15+,18+,22-,23+,39?/m0/s1. The average Bonchev–Trinajstić information content (AvgIpc) is 3.06. The number of rotatable bonds is 12. The van der Waals surface area contributed by atoms with E-state index in [9.17, 15) is 19.3 Å². The van der Waals surface area contributed by atoms with Gasteiger partial charge in [0.15, 0.2) is 11.4 Å². The van der Waals surface area contributed by atoms with Crippen molar-refractivity contribution in [2.24, 2.45) is 5.73 Å². The quantitative estimate of drug-likeness (QED) is 0.230. The Balaban J connectivity index is 1.77. The van der Waals surface area contributed by atoms with Crippen LogP contribution in [0.2, 0.25) is 0 Å². The van der Waals surface area contributed by atoms with Crippen LogP contribution in [0.4, 0.5) is 4.39 Å². The molecule has 1 unspecified atom stereocenters. The zero-order valence-corrected chi connectivity index (χ0v) is 23.9. The van der Waals surface area contributed by atoms with Crippen molar-refractivity contribution >= 4 is 35.6 Å². The van der Waals surface area contributed by atoms with Crippen LogP contribution in [0.5, 0.6) is 11.6 Å². The summed E-state index contributed by atoms with van der Waals surface area (Å²) in [7, 11) is -4.32. The van der Waals surface area contributed by atoms with Gasteiger partial charge >= 0.3 is 13.7 Å². The lowest BCUT2D eigenvalue weighted by Crippen LogP contribution is -2.44. The van der Waals surface area contributed by atoms with Gasteiger partial charge < -0.3 is 29.6 Å². The van der Waals surface area contributed by atoms with Crippen LogP contribution in [0, 0.1) is 0 Å². The summed E-state index contributed by atoms with van der Waals surface area (Å²) in [5, 5.41) is 13.1. The second-order valence-corrected chi connectivity index (χ2v) is 11.5. The zero-order valence-electron chi connectivity index (χ0n) is 21.4. The van der Waals surface area contributed by atoms with Gasteiger partial charge in [-0.05, 0) is 55.8 Å². The Bertz CT molecular complexity index is 1220. The van der Waals surface area contributed by atoms with Crippen molar-refractivity contribution in [2.45, 2.75) is 64.0 Å². The van der Waals surface area contributed by atoms with Crippen molar-refractivity contribution in [3.8, 4) is 11.6 Å². The largest absolute Gasteiger partial charge is 0.462 e. The summed E-state index contributed by atoms with van der Waals surface area (Å²) in [6, 6.07) is 6.85. The van der Waals surface area contributed by atoms with Gasteiger partial charge in [0.05, 0.1) is 18.9 Å². The van der Waals surface area contributed by atoms with Gasteiger partial charge in [-0.1, -0.05) is 18.2 Å². The number of hydrogen-bond donors (Lipinski definition) is 3. The number of esters is 1. The lowest BCUT2D eigenvalue weighted by Gasteiger charge is -2.25. The summed E-state index contributed by atoms with van der Waals surface area (Å²) in [6.45, 7) is 5.05. The molecule has 1 amide bonds. The summed E-state index contributed by atoms with van der Waals surface area (Å²) in [5.41, 5.74) is 2.36. The van der Waals surface area contributed by atoms with Gasteiger partial charge in [0, 0.05) is 0 Å². The Morgan fingerprint density at radius 1 is 1.31 bits per heavy atom. The van der Waals surface area contributed by atoms with E-state index in [2.05, 4.69) is 31.0 Å². The van der Waals surface area contributed by atoms with Gasteiger partial charge in [0.25, 0.3) is 5.91 Å². The molecule has 1 aliphatic rings. The van der Waals surface area contributed by atoms with Crippen molar-refractivity contribution in [2.75, 3.05) is 6.61 Å². The highest BCUT2D eigenvalue weighted by atomic mass is 79.9. The number of aromatic nitrogens is 2. The molecule has 0 radical (unpaired) electrons. The lowest BCUT2D eigenvalue weighted by molar-refractivity contribution is -0.149. The number of nitrogens with zero attached hydrogens (tertiary/aromatic N) is 2. The fourth-order valence-corrected chi connectivity index (χ4v) is 5.13. The Morgan fingerprint density at radius 2 is 1.97 bits per heavy atom. The predicted molar refractivity (Wildman–Crippen MR) is 138 cm³/mol. The minimum absolute atomic E-state index is 0.148. The molecular formula is C23H29BrFN4O9P. The molecule has 1 fully saturated rings. The molecule has 6 atom stereocenters. The Labute approximate surface area is 232 Å². The number of benzene rings is 1. The number of carbonyl (C=O) groups excluding carboxylic acids is 2. The Hall–Kier alpha value is -2.68. The zero-order chi connectivity index (χ0) is 29.0. The van der Waals surface area contributed by atoms with E-state index in [1.165, 1.54) is 25.3 Å². The number of para-hydroxylation sites is 1. The topological polar surface area (TPSA) is 181 Å². The van der Waals surface area contributed by atoms with Crippen LogP contribution in [-0.2, 0) is 23.4 Å². The number of aliphatic hydroxyl groups excluding tert-OH is 1. The lowest BCUT2D eigenvalue weighted by atomic mass is 10.00. The third-order valence-corrected chi connectivity index (χ3v) is 7.31. The molecule has 2 heterocycles. The van der Waals surface area contributed by atoms with Crippen molar-refractivity contribution in [3.63, 3.8) is 0 Å². The summed E-state index contributed by atoms with van der Waals surface area (Å²) < 4.78 is 56.4. The number of halogens is 2. The van der Waals surface area contributed by atoms with Gasteiger partial charge in [-0.3, -0.25) is 14.1 Å². The van der Waals surface area contributed by atoms with Crippen molar-refractivity contribution in [3.05, 3.63) is 46.8 Å². The maximum absolute atomic E-state index is 15.5. The van der Waals surface area contributed by atoms with Crippen LogP contribution in [0.15, 0.2) is 41.1 Å². The first-order chi connectivity index (χ1) is 18.2. The number of nitrogens with one attached hydrogen (secondary N) is 1. The highest BCUT2D eigenvalue weighted by Crippen LogP contribution is 2.46. The fourth-order valence-electron chi connectivity index (χ4n) is 3.35. The molecule has 1 aliphatic heterocycles. The molecule has 0 bridgehead atoms. The molecular weight excluding hydrogens is 606 g/mol. The SMILES string of the molecule is CC(C)OC(=O)[C@H](C)NP(=O)(OC[C@H]1O[C@@H](Oc2ncc(Br)nc2C(N)=O)[C@](C)(F)[C@@H]1O)Oc1ccccc1. The molecule has 1 aromatic carbocycles. The van der Waals surface area contributed by atoms with Crippen LogP contribution in [0.1, 0.15) is 38.2 Å². The minimum Gasteiger partial charge on any atom is -0.462 e. The Morgan fingerprint density at radius 3 is 2.59 bits per heavy atom. The molecule has 2 aromatic rings. The van der Waals surface area contributed by atoms with E-state index >= 15 is 4.39 Å². The van der Waals surface area contributed by atoms with Crippen LogP contribution in [-0.4, -0.2) is 69.9 Å². The first-order valence-corrected chi connectivity index (χ1v) is 14.0. The monoisotopic (exact) mass is 634 g/mol. The number of amides is 1. The van der Waals surface area contributed by atoms with E-state index in [0.717, 1.165) is 6.92 Å². The first kappa shape index (κ1) is 30.9. The Kier molecular flexibility index (Phi) is 10.0. The molecule has 16 heteroatoms. The van der Waals surface area contributed by atoms with Gasteiger partial charge in [-0.2, -0.15) is 5.09 Å². The van der Waals surface area contributed by atoms with Gasteiger partial charge in [0.2, 0.25) is 12.2 Å². The summed E-state index contributed by atoms with van der Waals surface area (Å²) in [6.07, 6.45) is -4.27. The van der Waals surface area contributed by atoms with Gasteiger partial charge in [-0.15, -0.1) is 0 Å². The minimum atomic E-state index is -4.32. The van der Waals surface area contributed by atoms with E-state index in [-0.39, 0.29) is 10.4 Å². The molecule has 13 nitrogen and oxygen atoms in total. The fraction of sp³-hybridized carbons (Fsp3) is 0.478. The second kappa shape index (κ2) is 12.7. The van der Waals surface area contributed by atoms with E-state index in [1.807, 2.05) is 0 Å². The van der Waals surface area contributed by atoms with Gasteiger partial charge in [0.1, 0.15) is 28.6 Å². The van der Waals surface area contributed by atoms with E-state index in [0.29, 0.717) is 0 Å². The first-order valence-electron chi connectivity index (χ1n) is 11.7. The van der Waals surface area contributed by atoms with Crippen molar-refractivity contribution in [1.29, 1.82) is 0 Å². The number of ether oxygens (including phenoxy) is 3. The van der Waals surface area contributed by atoms with Crippen LogP contribution >= 0.6 is 23.7 Å². The normalized spacial score (nSPS) is 25.1. The number of hydrogen-bond acceptors (Lipinski definition) is 11. The molecule has 0 saturated carbocycles. The highest BCUT2D eigenvalue weighted by molar-refractivity contribution is 9.10. The number of aliphatic hydroxyl groups is 1. The van der Waals surface area contributed by atoms with Crippen LogP contribution in [0.25, 0.3) is 0 Å². The third-order valence-electron chi connectivity index (χ3n) is 5.29. The number of alkyl halides is 1. The molecule has 4 N–H and O–H groups in total. The molecule has 1 saturated heterocycles. The van der Waals surface area contributed by atoms with Crippen molar-refractivity contribution < 1.29 is 46.9 Å².